The van der Waals surface area contributed by atoms with Crippen molar-refractivity contribution in [1.82, 2.24) is 20.4 Å². The quantitative estimate of drug-likeness (QED) is 0.842. The zero-order valence-electron chi connectivity index (χ0n) is 15.4. The molecule has 1 unspecified atom stereocenters. The molecule has 28 heavy (non-hydrogen) atoms. The lowest BCUT2D eigenvalue weighted by Gasteiger charge is -2.22. The van der Waals surface area contributed by atoms with Crippen LogP contribution in [0.4, 0.5) is 13.2 Å². The van der Waals surface area contributed by atoms with E-state index in [1.54, 1.807) is 0 Å². The van der Waals surface area contributed by atoms with E-state index in [2.05, 4.69) is 24.9 Å². The summed E-state index contributed by atoms with van der Waals surface area (Å²) in [6, 6.07) is 6.09. The summed E-state index contributed by atoms with van der Waals surface area (Å²) in [5.74, 6) is -1.79. The summed E-state index contributed by atoms with van der Waals surface area (Å²) in [6.45, 7) is 4.99. The number of halogens is 3. The second-order valence-corrected chi connectivity index (χ2v) is 7.86. The summed E-state index contributed by atoms with van der Waals surface area (Å²) in [7, 11) is 0. The highest BCUT2D eigenvalue weighted by molar-refractivity contribution is 5.94. The largest absolute Gasteiger partial charge is 0.471 e. The Morgan fingerprint density at radius 3 is 2.57 bits per heavy atom. The number of nitrogens with zero attached hydrogens (tertiary/aromatic N) is 3. The molecule has 2 aromatic rings. The van der Waals surface area contributed by atoms with E-state index in [4.69, 9.17) is 0 Å². The lowest BCUT2D eigenvalue weighted by molar-refractivity contribution is -0.159. The molecule has 2 fully saturated rings. The molecule has 1 aromatic heterocycles. The second kappa shape index (κ2) is 6.88. The lowest BCUT2D eigenvalue weighted by atomic mass is 10.1. The molecule has 1 spiro atoms. The molecule has 1 aliphatic carbocycles. The first-order chi connectivity index (χ1) is 13.2. The summed E-state index contributed by atoms with van der Waals surface area (Å²) in [5.41, 5.74) is 1.33. The van der Waals surface area contributed by atoms with Gasteiger partial charge >= 0.3 is 12.1 Å². The molecule has 1 N–H and O–H groups in total. The van der Waals surface area contributed by atoms with E-state index in [-0.39, 0.29) is 17.8 Å². The van der Waals surface area contributed by atoms with Gasteiger partial charge < -0.3 is 14.7 Å². The fourth-order valence-corrected chi connectivity index (χ4v) is 3.74. The maximum Gasteiger partial charge on any atom is 0.471 e. The Bertz CT molecular complexity index is 859. The first kappa shape index (κ1) is 18.9. The minimum atomic E-state index is -4.68. The minimum absolute atomic E-state index is 0.00706. The number of carbonyl (C=O) groups excluding carboxylic acids is 1. The Hall–Kier alpha value is -2.42. The van der Waals surface area contributed by atoms with Gasteiger partial charge in [0.25, 0.3) is 5.91 Å². The van der Waals surface area contributed by atoms with Crippen molar-refractivity contribution in [2.45, 2.75) is 38.4 Å². The van der Waals surface area contributed by atoms with Crippen molar-refractivity contribution in [2.24, 2.45) is 5.41 Å². The molecule has 1 saturated carbocycles. The van der Waals surface area contributed by atoms with Crippen LogP contribution < -0.4 is 5.32 Å². The van der Waals surface area contributed by atoms with Crippen molar-refractivity contribution >= 4 is 5.91 Å². The van der Waals surface area contributed by atoms with E-state index in [1.807, 2.05) is 6.92 Å². The van der Waals surface area contributed by atoms with Gasteiger partial charge in [0.15, 0.2) is 0 Å². The van der Waals surface area contributed by atoms with Crippen LogP contribution in [-0.2, 0) is 6.18 Å². The number of aromatic nitrogens is 2. The summed E-state index contributed by atoms with van der Waals surface area (Å²) < 4.78 is 41.9. The van der Waals surface area contributed by atoms with Crippen molar-refractivity contribution in [1.29, 1.82) is 0 Å². The van der Waals surface area contributed by atoms with Gasteiger partial charge in [0.05, 0.1) is 0 Å². The summed E-state index contributed by atoms with van der Waals surface area (Å²) in [6.07, 6.45) is -0.792. The molecular weight excluding hydrogens is 373 g/mol. The SMILES string of the molecule is CC(CN1CCC2(CC2)C1)NC(=O)c1ccc(-c2noc(C(F)(F)F)n2)cc1. The first-order valence-electron chi connectivity index (χ1n) is 9.29. The van der Waals surface area contributed by atoms with Gasteiger partial charge in [0, 0.05) is 30.3 Å². The Morgan fingerprint density at radius 2 is 2.00 bits per heavy atom. The normalized spacial score (nSPS) is 19.7. The van der Waals surface area contributed by atoms with Crippen molar-refractivity contribution < 1.29 is 22.5 Å². The van der Waals surface area contributed by atoms with Crippen LogP contribution in [0, 0.1) is 5.41 Å². The van der Waals surface area contributed by atoms with Crippen LogP contribution in [0.25, 0.3) is 11.4 Å². The number of alkyl halides is 3. The Balaban J connectivity index is 1.34. The van der Waals surface area contributed by atoms with Crippen LogP contribution in [0.1, 0.15) is 42.4 Å². The molecule has 0 radical (unpaired) electrons. The zero-order valence-corrected chi connectivity index (χ0v) is 15.4. The molecular formula is C19H21F3N4O2. The third-order valence-electron chi connectivity index (χ3n) is 5.46. The van der Waals surface area contributed by atoms with Crippen LogP contribution in [-0.4, -0.2) is 46.6 Å². The fourth-order valence-electron chi connectivity index (χ4n) is 3.74. The number of likely N-dealkylation sites (tertiary alicyclic amines) is 1. The highest BCUT2D eigenvalue weighted by Gasteiger charge is 2.47. The Kier molecular flexibility index (Phi) is 4.65. The van der Waals surface area contributed by atoms with Gasteiger partial charge in [-0.05, 0) is 50.3 Å². The summed E-state index contributed by atoms with van der Waals surface area (Å²) in [4.78, 5) is 18.2. The van der Waals surface area contributed by atoms with Crippen LogP contribution in [0.2, 0.25) is 0 Å². The maximum atomic E-state index is 12.5. The number of hydrogen-bond acceptors (Lipinski definition) is 5. The van der Waals surface area contributed by atoms with E-state index in [0.717, 1.165) is 19.6 Å². The van der Waals surface area contributed by atoms with Gasteiger partial charge in [-0.25, -0.2) is 0 Å². The van der Waals surface area contributed by atoms with Crippen LogP contribution in [0.3, 0.4) is 0 Å². The molecule has 4 rings (SSSR count). The molecule has 1 saturated heterocycles. The minimum Gasteiger partial charge on any atom is -0.348 e. The molecule has 1 aliphatic heterocycles. The Morgan fingerprint density at radius 1 is 1.29 bits per heavy atom. The summed E-state index contributed by atoms with van der Waals surface area (Å²) in [5, 5.41) is 6.31. The monoisotopic (exact) mass is 394 g/mol. The number of hydrogen-bond donors (Lipinski definition) is 1. The zero-order chi connectivity index (χ0) is 19.9. The van der Waals surface area contributed by atoms with Crippen molar-refractivity contribution in [2.75, 3.05) is 19.6 Å². The predicted octanol–water partition coefficient (Wildman–Crippen LogP) is 3.36. The van der Waals surface area contributed by atoms with Gasteiger partial charge in [0.1, 0.15) is 0 Å². The standard InChI is InChI=1S/C19H21F3N4O2/c1-12(10-26-9-8-18(11-26)6-7-18)23-16(27)14-4-2-13(3-5-14)15-24-17(28-25-15)19(20,21)22/h2-5,12H,6-11H2,1H3,(H,23,27). The van der Waals surface area contributed by atoms with Gasteiger partial charge in [-0.3, -0.25) is 4.79 Å². The van der Waals surface area contributed by atoms with Gasteiger partial charge in [-0.15, -0.1) is 0 Å². The second-order valence-electron chi connectivity index (χ2n) is 7.86. The third-order valence-corrected chi connectivity index (χ3v) is 5.46. The molecule has 1 aromatic carbocycles. The molecule has 2 aliphatic rings. The van der Waals surface area contributed by atoms with E-state index < -0.39 is 12.1 Å². The van der Waals surface area contributed by atoms with Crippen molar-refractivity contribution in [3.05, 3.63) is 35.7 Å². The average molecular weight is 394 g/mol. The van der Waals surface area contributed by atoms with Gasteiger partial charge in [-0.1, -0.05) is 17.3 Å². The van der Waals surface area contributed by atoms with E-state index >= 15 is 0 Å². The third kappa shape index (κ3) is 4.04. The van der Waals surface area contributed by atoms with Crippen molar-refractivity contribution in [3.63, 3.8) is 0 Å². The number of amides is 1. The number of benzene rings is 1. The molecule has 1 atom stereocenters. The number of rotatable bonds is 5. The fraction of sp³-hybridized carbons (Fsp3) is 0.526. The molecule has 150 valence electrons. The molecule has 0 bridgehead atoms. The highest BCUT2D eigenvalue weighted by Crippen LogP contribution is 2.52. The number of nitrogens with one attached hydrogen (secondary N) is 1. The van der Waals surface area contributed by atoms with E-state index in [1.165, 1.54) is 43.5 Å². The van der Waals surface area contributed by atoms with E-state index in [0.29, 0.717) is 16.5 Å². The maximum absolute atomic E-state index is 12.5. The topological polar surface area (TPSA) is 71.3 Å². The molecule has 1 amide bonds. The van der Waals surface area contributed by atoms with Crippen LogP contribution in [0.15, 0.2) is 28.8 Å². The van der Waals surface area contributed by atoms with Crippen LogP contribution >= 0.6 is 0 Å². The Labute approximate surface area is 160 Å². The van der Waals surface area contributed by atoms with Gasteiger partial charge in [-0.2, -0.15) is 18.2 Å². The lowest BCUT2D eigenvalue weighted by Crippen LogP contribution is -2.41. The molecule has 9 heteroatoms. The van der Waals surface area contributed by atoms with E-state index in [9.17, 15) is 18.0 Å². The van der Waals surface area contributed by atoms with Crippen molar-refractivity contribution in [3.8, 4) is 11.4 Å². The van der Waals surface area contributed by atoms with Crippen LogP contribution in [0.5, 0.6) is 0 Å². The average Bonchev–Trinajstić information content (AvgIpc) is 3.05. The van der Waals surface area contributed by atoms with Gasteiger partial charge in [0.2, 0.25) is 5.82 Å². The molecule has 2 heterocycles. The summed E-state index contributed by atoms with van der Waals surface area (Å²) >= 11 is 0. The predicted molar refractivity (Wildman–Crippen MR) is 94.4 cm³/mol. The first-order valence-corrected chi connectivity index (χ1v) is 9.29. The number of carbonyl (C=O) groups is 1. The smallest absolute Gasteiger partial charge is 0.348 e. The highest BCUT2D eigenvalue weighted by atomic mass is 19.4. The molecule has 6 nitrogen and oxygen atoms in total.